The molecule has 1 saturated heterocycles. The zero-order valence-electron chi connectivity index (χ0n) is 18.2. The number of aromatic nitrogens is 1. The van der Waals surface area contributed by atoms with E-state index in [2.05, 4.69) is 22.6 Å². The van der Waals surface area contributed by atoms with E-state index in [0.717, 1.165) is 31.1 Å². The molecule has 3 heterocycles. The molecule has 1 spiro atoms. The van der Waals surface area contributed by atoms with Crippen LogP contribution in [0, 0.1) is 0 Å². The quantitative estimate of drug-likeness (QED) is 0.733. The van der Waals surface area contributed by atoms with E-state index < -0.39 is 0 Å². The number of carbonyl (C=O) groups excluding carboxylic acids is 1. The van der Waals surface area contributed by atoms with E-state index in [1.165, 1.54) is 5.69 Å². The minimum atomic E-state index is -0.0607. The van der Waals surface area contributed by atoms with Crippen LogP contribution in [0.15, 0.2) is 30.3 Å². The Morgan fingerprint density at radius 3 is 2.47 bits per heavy atom. The largest absolute Gasteiger partial charge is 0.493 e. The predicted octanol–water partition coefficient (Wildman–Crippen LogP) is 4.01. The van der Waals surface area contributed by atoms with Crippen LogP contribution in [0.25, 0.3) is 0 Å². The van der Waals surface area contributed by atoms with E-state index in [9.17, 15) is 4.79 Å². The Kier molecular flexibility index (Phi) is 5.73. The first-order valence-electron chi connectivity index (χ1n) is 10.6. The molecule has 0 unspecified atom stereocenters. The molecule has 2 aliphatic heterocycles. The van der Waals surface area contributed by atoms with Gasteiger partial charge in [-0.3, -0.25) is 9.69 Å². The second kappa shape index (κ2) is 8.16. The van der Waals surface area contributed by atoms with Crippen LogP contribution in [0.3, 0.4) is 0 Å². The highest BCUT2D eigenvalue weighted by Gasteiger charge is 2.44. The summed E-state index contributed by atoms with van der Waals surface area (Å²) in [5, 5.41) is 0.798. The van der Waals surface area contributed by atoms with Gasteiger partial charge >= 0.3 is 0 Å². The molecule has 6 nitrogen and oxygen atoms in total. The maximum absolute atomic E-state index is 13.2. The molecule has 0 radical (unpaired) electrons. The Balaban J connectivity index is 1.51. The molecule has 162 valence electrons. The third kappa shape index (κ3) is 3.56. The van der Waals surface area contributed by atoms with Gasteiger partial charge in [-0.25, -0.2) is 0 Å². The standard InChI is InChI=1S/C23H30ClN3O3/c1-16(2)30-18-6-5-17(15-19(18)29-4)22(28)26-11-9-23(10-12-26)20-7-8-21(24)27(20)14-13-25(23)3/h5-8,15-16H,9-14H2,1-4H3. The summed E-state index contributed by atoms with van der Waals surface area (Å²) >= 11 is 6.40. The van der Waals surface area contributed by atoms with Crippen molar-refractivity contribution in [2.75, 3.05) is 33.8 Å². The molecule has 4 rings (SSSR count). The number of carbonyl (C=O) groups is 1. The third-order valence-electron chi connectivity index (χ3n) is 6.44. The molecule has 1 amide bonds. The van der Waals surface area contributed by atoms with E-state index in [0.29, 0.717) is 30.2 Å². The fourth-order valence-electron chi connectivity index (χ4n) is 4.79. The number of benzene rings is 1. The van der Waals surface area contributed by atoms with Gasteiger partial charge in [0.05, 0.1) is 18.8 Å². The molecule has 2 aliphatic rings. The first-order valence-corrected chi connectivity index (χ1v) is 10.9. The van der Waals surface area contributed by atoms with Gasteiger partial charge in [0.2, 0.25) is 0 Å². The van der Waals surface area contributed by atoms with Gasteiger partial charge < -0.3 is 18.9 Å². The molecule has 0 aliphatic carbocycles. The average Bonchev–Trinajstić information content (AvgIpc) is 3.12. The van der Waals surface area contributed by atoms with Crippen molar-refractivity contribution in [3.63, 3.8) is 0 Å². The highest BCUT2D eigenvalue weighted by Crippen LogP contribution is 2.42. The zero-order chi connectivity index (χ0) is 21.5. The summed E-state index contributed by atoms with van der Waals surface area (Å²) in [5.74, 6) is 1.27. The highest BCUT2D eigenvalue weighted by molar-refractivity contribution is 6.29. The number of piperidine rings is 1. The van der Waals surface area contributed by atoms with Crippen LogP contribution in [-0.2, 0) is 12.1 Å². The van der Waals surface area contributed by atoms with Crippen molar-refractivity contribution in [2.24, 2.45) is 0 Å². The van der Waals surface area contributed by atoms with Crippen molar-refractivity contribution < 1.29 is 14.3 Å². The monoisotopic (exact) mass is 431 g/mol. The molecule has 7 heteroatoms. The summed E-state index contributed by atoms with van der Waals surface area (Å²) in [6.45, 7) is 7.22. The lowest BCUT2D eigenvalue weighted by Gasteiger charge is -2.50. The van der Waals surface area contributed by atoms with Gasteiger partial charge in [0, 0.05) is 37.4 Å². The number of halogens is 1. The molecular weight excluding hydrogens is 402 g/mol. The van der Waals surface area contributed by atoms with Crippen LogP contribution < -0.4 is 9.47 Å². The SMILES string of the molecule is COc1cc(C(=O)N2CCC3(CC2)c2ccc(Cl)n2CCN3C)ccc1OC(C)C. The van der Waals surface area contributed by atoms with Crippen molar-refractivity contribution in [3.8, 4) is 11.5 Å². The number of rotatable bonds is 4. The maximum Gasteiger partial charge on any atom is 0.253 e. The van der Waals surface area contributed by atoms with Crippen LogP contribution in [0.1, 0.15) is 42.7 Å². The second-order valence-corrected chi connectivity index (χ2v) is 8.86. The van der Waals surface area contributed by atoms with E-state index in [-0.39, 0.29) is 17.6 Å². The molecule has 1 aromatic carbocycles. The Morgan fingerprint density at radius 1 is 1.07 bits per heavy atom. The van der Waals surface area contributed by atoms with Crippen molar-refractivity contribution in [1.29, 1.82) is 0 Å². The summed E-state index contributed by atoms with van der Waals surface area (Å²) < 4.78 is 13.4. The molecule has 0 atom stereocenters. The number of ether oxygens (including phenoxy) is 2. The van der Waals surface area contributed by atoms with Gasteiger partial charge in [-0.05, 0) is 64.1 Å². The number of fused-ring (bicyclic) bond motifs is 2. The molecule has 1 fully saturated rings. The van der Waals surface area contributed by atoms with Crippen molar-refractivity contribution in [3.05, 3.63) is 46.7 Å². The van der Waals surface area contributed by atoms with Crippen LogP contribution in [0.5, 0.6) is 11.5 Å². The number of hydrogen-bond acceptors (Lipinski definition) is 4. The Morgan fingerprint density at radius 2 is 1.80 bits per heavy atom. The first kappa shape index (κ1) is 21.1. The van der Waals surface area contributed by atoms with Crippen LogP contribution >= 0.6 is 11.6 Å². The van der Waals surface area contributed by atoms with E-state index in [1.807, 2.05) is 36.9 Å². The summed E-state index contributed by atoms with van der Waals surface area (Å²) in [6.07, 6.45) is 1.82. The number of amides is 1. The van der Waals surface area contributed by atoms with E-state index in [1.54, 1.807) is 13.2 Å². The van der Waals surface area contributed by atoms with Crippen LogP contribution in [0.2, 0.25) is 5.15 Å². The van der Waals surface area contributed by atoms with Crippen molar-refractivity contribution in [2.45, 2.75) is 44.9 Å². The molecule has 0 bridgehead atoms. The van der Waals surface area contributed by atoms with Crippen molar-refractivity contribution in [1.82, 2.24) is 14.4 Å². The molecular formula is C23H30ClN3O3. The highest BCUT2D eigenvalue weighted by atomic mass is 35.5. The smallest absolute Gasteiger partial charge is 0.253 e. The summed E-state index contributed by atoms with van der Waals surface area (Å²) in [7, 11) is 3.78. The van der Waals surface area contributed by atoms with Gasteiger partial charge in [-0.2, -0.15) is 0 Å². The maximum atomic E-state index is 13.2. The van der Waals surface area contributed by atoms with E-state index >= 15 is 0 Å². The lowest BCUT2D eigenvalue weighted by molar-refractivity contribution is 0.0131. The van der Waals surface area contributed by atoms with Crippen LogP contribution in [0.4, 0.5) is 0 Å². The normalized spacial score (nSPS) is 18.5. The Labute approximate surface area is 183 Å². The lowest BCUT2D eigenvalue weighted by atomic mass is 9.81. The average molecular weight is 432 g/mol. The third-order valence-corrected chi connectivity index (χ3v) is 6.77. The lowest BCUT2D eigenvalue weighted by Crippen LogP contribution is -2.56. The van der Waals surface area contributed by atoms with Gasteiger partial charge in [0.15, 0.2) is 11.5 Å². The number of methoxy groups -OCH3 is 1. The molecule has 1 aromatic heterocycles. The Hall–Kier alpha value is -2.18. The first-order chi connectivity index (χ1) is 14.4. The summed E-state index contributed by atoms with van der Waals surface area (Å²) in [5.41, 5.74) is 1.84. The number of nitrogens with zero attached hydrogens (tertiary/aromatic N) is 3. The van der Waals surface area contributed by atoms with Gasteiger partial charge in [0.1, 0.15) is 5.15 Å². The minimum absolute atomic E-state index is 0.0334. The second-order valence-electron chi connectivity index (χ2n) is 8.47. The molecule has 0 N–H and O–H groups in total. The van der Waals surface area contributed by atoms with E-state index in [4.69, 9.17) is 21.1 Å². The minimum Gasteiger partial charge on any atom is -0.493 e. The Bertz CT molecular complexity index is 932. The summed E-state index contributed by atoms with van der Waals surface area (Å²) in [6, 6.07) is 9.56. The number of likely N-dealkylation sites (N-methyl/N-ethyl adjacent to an activating group) is 1. The number of likely N-dealkylation sites (tertiary alicyclic amines) is 1. The fraction of sp³-hybridized carbons (Fsp3) is 0.522. The molecule has 0 saturated carbocycles. The molecule has 2 aromatic rings. The topological polar surface area (TPSA) is 46.9 Å². The fourth-order valence-corrected chi connectivity index (χ4v) is 5.03. The van der Waals surface area contributed by atoms with Crippen molar-refractivity contribution >= 4 is 17.5 Å². The van der Waals surface area contributed by atoms with Crippen LogP contribution in [-0.4, -0.2) is 60.2 Å². The van der Waals surface area contributed by atoms with Gasteiger partial charge in [0.25, 0.3) is 5.91 Å². The zero-order valence-corrected chi connectivity index (χ0v) is 18.9. The van der Waals surface area contributed by atoms with Gasteiger partial charge in [-0.15, -0.1) is 0 Å². The summed E-state index contributed by atoms with van der Waals surface area (Å²) in [4.78, 5) is 17.6. The predicted molar refractivity (Wildman–Crippen MR) is 118 cm³/mol. The number of hydrogen-bond donors (Lipinski definition) is 0. The van der Waals surface area contributed by atoms with Gasteiger partial charge in [-0.1, -0.05) is 11.6 Å². The molecule has 30 heavy (non-hydrogen) atoms.